The molecule has 7 nitrogen and oxygen atoms in total. The van der Waals surface area contributed by atoms with Gasteiger partial charge in [0, 0.05) is 29.3 Å². The average molecular weight is 394 g/mol. The minimum absolute atomic E-state index is 0.0186. The number of amides is 1. The molecule has 0 aliphatic carbocycles. The molecule has 0 bridgehead atoms. The SMILES string of the molecule is CCCC(=O)OCc1cnc(C)c2oc(=O)c(C(=O)Nc3cccc(C)c3)cc12. The second-order valence-corrected chi connectivity index (χ2v) is 6.79. The van der Waals surface area contributed by atoms with Crippen molar-refractivity contribution in [2.45, 2.75) is 40.2 Å². The number of hydrogen-bond donors (Lipinski definition) is 1. The highest BCUT2D eigenvalue weighted by atomic mass is 16.5. The molecule has 1 amide bonds. The van der Waals surface area contributed by atoms with E-state index in [1.165, 1.54) is 6.07 Å². The molecule has 0 unspecified atom stereocenters. The van der Waals surface area contributed by atoms with Gasteiger partial charge in [0.25, 0.3) is 5.91 Å². The van der Waals surface area contributed by atoms with Crippen LogP contribution in [0.15, 0.2) is 45.7 Å². The first-order valence-corrected chi connectivity index (χ1v) is 9.35. The van der Waals surface area contributed by atoms with Gasteiger partial charge in [0.05, 0.1) is 5.69 Å². The highest BCUT2D eigenvalue weighted by molar-refractivity contribution is 6.05. The lowest BCUT2D eigenvalue weighted by Gasteiger charge is -2.10. The number of rotatable bonds is 6. The van der Waals surface area contributed by atoms with Crippen LogP contribution in [0.25, 0.3) is 11.0 Å². The van der Waals surface area contributed by atoms with E-state index in [1.807, 2.05) is 26.0 Å². The van der Waals surface area contributed by atoms with Crippen LogP contribution < -0.4 is 10.9 Å². The third-order valence-electron chi connectivity index (χ3n) is 4.40. The van der Waals surface area contributed by atoms with Crippen molar-refractivity contribution in [1.29, 1.82) is 0 Å². The zero-order valence-electron chi connectivity index (χ0n) is 16.6. The van der Waals surface area contributed by atoms with Gasteiger partial charge in [-0.3, -0.25) is 14.6 Å². The largest absolute Gasteiger partial charge is 0.461 e. The molecule has 0 atom stereocenters. The third-order valence-corrected chi connectivity index (χ3v) is 4.40. The summed E-state index contributed by atoms with van der Waals surface area (Å²) in [6.07, 6.45) is 2.56. The number of aromatic nitrogens is 1. The maximum Gasteiger partial charge on any atom is 0.349 e. The molecule has 7 heteroatoms. The summed E-state index contributed by atoms with van der Waals surface area (Å²) in [7, 11) is 0. The van der Waals surface area contributed by atoms with E-state index in [0.717, 1.165) is 5.56 Å². The van der Waals surface area contributed by atoms with Crippen LogP contribution in [-0.2, 0) is 16.1 Å². The molecule has 2 heterocycles. The average Bonchev–Trinajstić information content (AvgIpc) is 2.67. The number of carbonyl (C=O) groups is 2. The Kier molecular flexibility index (Phi) is 6.07. The lowest BCUT2D eigenvalue weighted by atomic mass is 10.1. The number of fused-ring (bicyclic) bond motifs is 1. The highest BCUT2D eigenvalue weighted by Crippen LogP contribution is 2.22. The number of esters is 1. The predicted molar refractivity (Wildman–Crippen MR) is 109 cm³/mol. The number of nitrogens with zero attached hydrogens (tertiary/aromatic N) is 1. The normalized spacial score (nSPS) is 10.7. The predicted octanol–water partition coefficient (Wildman–Crippen LogP) is 3.90. The van der Waals surface area contributed by atoms with Gasteiger partial charge in [0.2, 0.25) is 0 Å². The number of aryl methyl sites for hydroxylation is 2. The summed E-state index contributed by atoms with van der Waals surface area (Å²) in [5.74, 6) is -0.898. The minimum Gasteiger partial charge on any atom is -0.461 e. The number of pyridine rings is 1. The molecular weight excluding hydrogens is 372 g/mol. The molecule has 0 radical (unpaired) electrons. The van der Waals surface area contributed by atoms with Gasteiger partial charge in [-0.05, 0) is 44.0 Å². The molecule has 150 valence electrons. The Morgan fingerprint density at radius 1 is 1.21 bits per heavy atom. The Morgan fingerprint density at radius 2 is 2.00 bits per heavy atom. The zero-order valence-corrected chi connectivity index (χ0v) is 16.6. The van der Waals surface area contributed by atoms with Crippen LogP contribution in [0.5, 0.6) is 0 Å². The highest BCUT2D eigenvalue weighted by Gasteiger charge is 2.18. The summed E-state index contributed by atoms with van der Waals surface area (Å²) < 4.78 is 10.6. The summed E-state index contributed by atoms with van der Waals surface area (Å²) in [5, 5.41) is 3.22. The summed E-state index contributed by atoms with van der Waals surface area (Å²) in [6, 6.07) is 8.71. The van der Waals surface area contributed by atoms with Gasteiger partial charge in [-0.1, -0.05) is 19.1 Å². The van der Waals surface area contributed by atoms with Crippen LogP contribution in [0.2, 0.25) is 0 Å². The fourth-order valence-electron chi connectivity index (χ4n) is 2.91. The fraction of sp³-hybridized carbons (Fsp3) is 0.273. The molecule has 0 aliphatic heterocycles. The number of benzene rings is 1. The number of carbonyl (C=O) groups excluding carboxylic acids is 2. The van der Waals surface area contributed by atoms with Crippen LogP contribution in [0.3, 0.4) is 0 Å². The molecule has 0 fully saturated rings. The van der Waals surface area contributed by atoms with Gasteiger partial charge >= 0.3 is 11.6 Å². The maximum absolute atomic E-state index is 12.7. The van der Waals surface area contributed by atoms with Gasteiger partial charge in [-0.15, -0.1) is 0 Å². The second-order valence-electron chi connectivity index (χ2n) is 6.79. The Bertz CT molecular complexity index is 1130. The third kappa shape index (κ3) is 4.68. The smallest absolute Gasteiger partial charge is 0.349 e. The molecule has 1 N–H and O–H groups in total. The number of hydrogen-bond acceptors (Lipinski definition) is 6. The van der Waals surface area contributed by atoms with E-state index >= 15 is 0 Å². The Balaban J connectivity index is 1.97. The number of nitrogens with one attached hydrogen (secondary N) is 1. The number of ether oxygens (including phenoxy) is 1. The summed E-state index contributed by atoms with van der Waals surface area (Å²) in [6.45, 7) is 5.47. The Morgan fingerprint density at radius 3 is 2.72 bits per heavy atom. The molecule has 1 aromatic carbocycles. The van der Waals surface area contributed by atoms with Crippen LogP contribution in [0, 0.1) is 13.8 Å². The Labute approximate surface area is 167 Å². The number of anilines is 1. The zero-order chi connectivity index (χ0) is 21.0. The van der Waals surface area contributed by atoms with Gasteiger partial charge in [0.15, 0.2) is 5.58 Å². The minimum atomic E-state index is -0.757. The van der Waals surface area contributed by atoms with Crippen LogP contribution in [0.1, 0.15) is 46.9 Å². The van der Waals surface area contributed by atoms with Gasteiger partial charge in [0.1, 0.15) is 12.2 Å². The molecule has 29 heavy (non-hydrogen) atoms. The topological polar surface area (TPSA) is 98.5 Å². The van der Waals surface area contributed by atoms with Crippen molar-refractivity contribution in [3.8, 4) is 0 Å². The molecular formula is C22H22N2O5. The van der Waals surface area contributed by atoms with E-state index < -0.39 is 11.5 Å². The fourth-order valence-corrected chi connectivity index (χ4v) is 2.91. The monoisotopic (exact) mass is 394 g/mol. The van der Waals surface area contributed by atoms with Crippen LogP contribution in [0.4, 0.5) is 5.69 Å². The summed E-state index contributed by atoms with van der Waals surface area (Å²) in [4.78, 5) is 41.0. The second kappa shape index (κ2) is 8.68. The van der Waals surface area contributed by atoms with Crippen molar-refractivity contribution in [2.24, 2.45) is 0 Å². The van der Waals surface area contributed by atoms with E-state index in [4.69, 9.17) is 9.15 Å². The van der Waals surface area contributed by atoms with Gasteiger partial charge < -0.3 is 14.5 Å². The lowest BCUT2D eigenvalue weighted by molar-refractivity contribution is -0.144. The molecule has 0 saturated carbocycles. The van der Waals surface area contributed by atoms with Gasteiger partial charge in [-0.25, -0.2) is 4.79 Å². The molecule has 0 spiro atoms. The van der Waals surface area contributed by atoms with Crippen molar-refractivity contribution in [1.82, 2.24) is 4.98 Å². The molecule has 0 saturated heterocycles. The summed E-state index contributed by atoms with van der Waals surface area (Å²) >= 11 is 0. The Hall–Kier alpha value is -3.48. The van der Waals surface area contributed by atoms with Crippen LogP contribution in [-0.4, -0.2) is 16.9 Å². The molecule has 3 rings (SSSR count). The van der Waals surface area contributed by atoms with E-state index in [-0.39, 0.29) is 23.7 Å². The van der Waals surface area contributed by atoms with Crippen molar-refractivity contribution in [2.75, 3.05) is 5.32 Å². The first-order chi connectivity index (χ1) is 13.9. The molecule has 0 aliphatic rings. The summed E-state index contributed by atoms with van der Waals surface area (Å²) in [5.41, 5.74) is 2.00. The van der Waals surface area contributed by atoms with Crippen LogP contribution >= 0.6 is 0 Å². The standard InChI is InChI=1S/C22H22N2O5/c1-4-6-19(25)28-12-15-11-23-14(3)20-17(15)10-18(22(27)29-20)21(26)24-16-8-5-7-13(2)9-16/h5,7-11H,4,6,12H2,1-3H3,(H,24,26). The molecule has 2 aromatic heterocycles. The lowest BCUT2D eigenvalue weighted by Crippen LogP contribution is -2.21. The van der Waals surface area contributed by atoms with Crippen molar-refractivity contribution in [3.63, 3.8) is 0 Å². The van der Waals surface area contributed by atoms with Gasteiger partial charge in [-0.2, -0.15) is 0 Å². The van der Waals surface area contributed by atoms with E-state index in [9.17, 15) is 14.4 Å². The van der Waals surface area contributed by atoms with Crippen molar-refractivity contribution in [3.05, 3.63) is 69.3 Å². The van der Waals surface area contributed by atoms with Crippen molar-refractivity contribution < 1.29 is 18.7 Å². The quantitative estimate of drug-likeness (QED) is 0.637. The van der Waals surface area contributed by atoms with Crippen molar-refractivity contribution >= 4 is 28.5 Å². The first-order valence-electron chi connectivity index (χ1n) is 9.35. The maximum atomic E-state index is 12.7. The molecule has 3 aromatic rings. The van der Waals surface area contributed by atoms with E-state index in [2.05, 4.69) is 10.3 Å². The van der Waals surface area contributed by atoms with E-state index in [0.29, 0.717) is 35.2 Å². The first kappa shape index (κ1) is 20.3. The van der Waals surface area contributed by atoms with E-state index in [1.54, 1.807) is 25.3 Å².